The molecule has 0 bridgehead atoms. The first kappa shape index (κ1) is 21.5. The minimum absolute atomic E-state index is 0.133. The minimum Gasteiger partial charge on any atom is -0.339 e. The lowest BCUT2D eigenvalue weighted by Gasteiger charge is -2.34. The van der Waals surface area contributed by atoms with Gasteiger partial charge in [0, 0.05) is 32.7 Å². The number of carbonyl (C=O) groups excluding carboxylic acids is 1. The fraction of sp³-hybridized carbons (Fsp3) is 0.391. The molecule has 8 heteroatoms. The predicted octanol–water partition coefficient (Wildman–Crippen LogP) is 3.22. The van der Waals surface area contributed by atoms with Gasteiger partial charge in [0.2, 0.25) is 11.1 Å². The molecule has 2 aromatic carbocycles. The number of para-hydroxylation sites is 1. The highest BCUT2D eigenvalue weighted by Gasteiger charge is 2.22. The molecule has 0 aliphatic carbocycles. The van der Waals surface area contributed by atoms with Crippen LogP contribution >= 0.6 is 11.8 Å². The van der Waals surface area contributed by atoms with Gasteiger partial charge in [-0.15, -0.1) is 5.10 Å². The standard InChI is InChI=1S/C23H28N6OS/c1-18(2)20-10-8-19(9-11-20)16-27-12-14-28(15-13-27)22(30)17-31-23-24-25-26-29(23)21-6-4-3-5-7-21/h3-11,18H,12-17H2,1-2H3. The van der Waals surface area contributed by atoms with E-state index in [0.29, 0.717) is 16.8 Å². The molecule has 4 rings (SSSR count). The van der Waals surface area contributed by atoms with Gasteiger partial charge in [-0.2, -0.15) is 4.68 Å². The molecule has 1 aliphatic rings. The Morgan fingerprint density at radius 2 is 1.71 bits per heavy atom. The molecule has 0 unspecified atom stereocenters. The van der Waals surface area contributed by atoms with Crippen LogP contribution in [0, 0.1) is 0 Å². The molecule has 1 fully saturated rings. The van der Waals surface area contributed by atoms with Crippen molar-refractivity contribution in [3.8, 4) is 5.69 Å². The van der Waals surface area contributed by atoms with Crippen LogP contribution in [0.15, 0.2) is 59.8 Å². The van der Waals surface area contributed by atoms with Gasteiger partial charge in [0.1, 0.15) is 0 Å². The van der Waals surface area contributed by atoms with Crippen LogP contribution in [0.1, 0.15) is 30.9 Å². The topological polar surface area (TPSA) is 67.2 Å². The Kier molecular flexibility index (Phi) is 6.99. The van der Waals surface area contributed by atoms with Crippen LogP contribution in [0.2, 0.25) is 0 Å². The number of piperazine rings is 1. The molecule has 1 aliphatic heterocycles. The lowest BCUT2D eigenvalue weighted by molar-refractivity contribution is -0.130. The lowest BCUT2D eigenvalue weighted by atomic mass is 10.0. The normalized spacial score (nSPS) is 14.9. The first-order valence-electron chi connectivity index (χ1n) is 10.7. The zero-order chi connectivity index (χ0) is 21.6. The minimum atomic E-state index is 0.133. The van der Waals surface area contributed by atoms with Crippen molar-refractivity contribution in [3.05, 3.63) is 65.7 Å². The van der Waals surface area contributed by atoms with Crippen molar-refractivity contribution in [2.24, 2.45) is 0 Å². The highest BCUT2D eigenvalue weighted by atomic mass is 32.2. The molecule has 0 N–H and O–H groups in total. The summed E-state index contributed by atoms with van der Waals surface area (Å²) in [5, 5.41) is 12.5. The summed E-state index contributed by atoms with van der Waals surface area (Å²) in [6.45, 7) is 8.66. The monoisotopic (exact) mass is 436 g/mol. The number of thioether (sulfide) groups is 1. The summed E-state index contributed by atoms with van der Waals surface area (Å²) >= 11 is 1.38. The van der Waals surface area contributed by atoms with Crippen LogP contribution < -0.4 is 0 Å². The Labute approximate surface area is 187 Å². The number of rotatable bonds is 7. The van der Waals surface area contributed by atoms with Crippen molar-refractivity contribution in [3.63, 3.8) is 0 Å². The average Bonchev–Trinajstić information content (AvgIpc) is 3.27. The third kappa shape index (κ3) is 5.51. The van der Waals surface area contributed by atoms with Gasteiger partial charge in [-0.05, 0) is 39.6 Å². The van der Waals surface area contributed by atoms with Crippen LogP contribution in [0.25, 0.3) is 5.69 Å². The molecule has 0 saturated carbocycles. The molecule has 1 saturated heterocycles. The van der Waals surface area contributed by atoms with Gasteiger partial charge >= 0.3 is 0 Å². The summed E-state index contributed by atoms with van der Waals surface area (Å²) in [5.74, 6) is 1.02. The van der Waals surface area contributed by atoms with E-state index >= 15 is 0 Å². The number of hydrogen-bond donors (Lipinski definition) is 0. The van der Waals surface area contributed by atoms with Gasteiger partial charge in [-0.1, -0.05) is 68.1 Å². The smallest absolute Gasteiger partial charge is 0.233 e. The first-order valence-corrected chi connectivity index (χ1v) is 11.6. The Morgan fingerprint density at radius 3 is 2.39 bits per heavy atom. The predicted molar refractivity (Wildman–Crippen MR) is 122 cm³/mol. The Hall–Kier alpha value is -2.71. The van der Waals surface area contributed by atoms with E-state index in [4.69, 9.17) is 0 Å². The van der Waals surface area contributed by atoms with E-state index < -0.39 is 0 Å². The van der Waals surface area contributed by atoms with E-state index in [1.165, 1.54) is 22.9 Å². The average molecular weight is 437 g/mol. The van der Waals surface area contributed by atoms with Crippen LogP contribution in [0.4, 0.5) is 0 Å². The van der Waals surface area contributed by atoms with Gasteiger partial charge in [0.15, 0.2) is 0 Å². The largest absolute Gasteiger partial charge is 0.339 e. The van der Waals surface area contributed by atoms with Crippen molar-refractivity contribution >= 4 is 17.7 Å². The second kappa shape index (κ2) is 10.1. The molecule has 1 amide bonds. The third-order valence-corrected chi connectivity index (χ3v) is 6.45. The van der Waals surface area contributed by atoms with Gasteiger partial charge < -0.3 is 4.90 Å². The van der Waals surface area contributed by atoms with Crippen molar-refractivity contribution in [1.29, 1.82) is 0 Å². The molecular formula is C23H28N6OS. The van der Waals surface area contributed by atoms with E-state index in [1.807, 2.05) is 35.2 Å². The summed E-state index contributed by atoms with van der Waals surface area (Å²) in [7, 11) is 0. The first-order chi connectivity index (χ1) is 15.1. The fourth-order valence-electron chi connectivity index (χ4n) is 3.64. The molecule has 0 spiro atoms. The molecule has 0 radical (unpaired) electrons. The summed E-state index contributed by atoms with van der Waals surface area (Å²) in [6, 6.07) is 18.6. The lowest BCUT2D eigenvalue weighted by Crippen LogP contribution is -2.48. The fourth-order valence-corrected chi connectivity index (χ4v) is 4.43. The highest BCUT2D eigenvalue weighted by Crippen LogP contribution is 2.19. The summed E-state index contributed by atoms with van der Waals surface area (Å²) in [5.41, 5.74) is 3.58. The van der Waals surface area contributed by atoms with Crippen LogP contribution in [0.3, 0.4) is 0 Å². The summed E-state index contributed by atoms with van der Waals surface area (Å²) in [6.07, 6.45) is 0. The maximum Gasteiger partial charge on any atom is 0.233 e. The quantitative estimate of drug-likeness (QED) is 0.530. The van der Waals surface area contributed by atoms with Gasteiger partial charge in [-0.3, -0.25) is 9.69 Å². The second-order valence-corrected chi connectivity index (χ2v) is 8.99. The van der Waals surface area contributed by atoms with Crippen molar-refractivity contribution in [1.82, 2.24) is 30.0 Å². The van der Waals surface area contributed by atoms with Crippen LogP contribution in [0.5, 0.6) is 0 Å². The number of tetrazole rings is 1. The maximum atomic E-state index is 12.7. The van der Waals surface area contributed by atoms with Crippen LogP contribution in [-0.2, 0) is 11.3 Å². The van der Waals surface area contributed by atoms with Crippen molar-refractivity contribution < 1.29 is 4.79 Å². The number of hydrogen-bond acceptors (Lipinski definition) is 6. The van der Waals surface area contributed by atoms with E-state index in [1.54, 1.807) is 4.68 Å². The second-order valence-electron chi connectivity index (χ2n) is 8.05. The molecule has 2 heterocycles. The zero-order valence-electron chi connectivity index (χ0n) is 18.0. The summed E-state index contributed by atoms with van der Waals surface area (Å²) < 4.78 is 1.67. The van der Waals surface area contributed by atoms with E-state index in [9.17, 15) is 4.79 Å². The Balaban J connectivity index is 1.25. The van der Waals surface area contributed by atoms with Crippen LogP contribution in [-0.4, -0.2) is 67.8 Å². The highest BCUT2D eigenvalue weighted by molar-refractivity contribution is 7.99. The van der Waals surface area contributed by atoms with E-state index in [2.05, 4.69) is 58.5 Å². The number of benzene rings is 2. The number of nitrogens with zero attached hydrogens (tertiary/aromatic N) is 6. The van der Waals surface area contributed by atoms with Gasteiger partial charge in [0.05, 0.1) is 11.4 Å². The summed E-state index contributed by atoms with van der Waals surface area (Å²) in [4.78, 5) is 17.1. The molecular weight excluding hydrogens is 408 g/mol. The SMILES string of the molecule is CC(C)c1ccc(CN2CCN(C(=O)CSc3nnnn3-c3ccccc3)CC2)cc1. The number of aromatic nitrogens is 4. The van der Waals surface area contributed by atoms with Crippen molar-refractivity contribution in [2.75, 3.05) is 31.9 Å². The Morgan fingerprint density at radius 1 is 1.00 bits per heavy atom. The molecule has 7 nitrogen and oxygen atoms in total. The Bertz CT molecular complexity index is 981. The number of carbonyl (C=O) groups is 1. The molecule has 31 heavy (non-hydrogen) atoms. The maximum absolute atomic E-state index is 12.7. The molecule has 3 aromatic rings. The van der Waals surface area contributed by atoms with E-state index in [-0.39, 0.29) is 5.91 Å². The van der Waals surface area contributed by atoms with Gasteiger partial charge in [0.25, 0.3) is 0 Å². The van der Waals surface area contributed by atoms with E-state index in [0.717, 1.165) is 38.4 Å². The molecule has 1 aromatic heterocycles. The van der Waals surface area contributed by atoms with Gasteiger partial charge in [-0.25, -0.2) is 0 Å². The molecule has 0 atom stereocenters. The third-order valence-electron chi connectivity index (χ3n) is 5.54. The van der Waals surface area contributed by atoms with Crippen molar-refractivity contribution in [2.45, 2.75) is 31.5 Å². The molecule has 162 valence electrons. The zero-order valence-corrected chi connectivity index (χ0v) is 18.8. The number of amides is 1.